The van der Waals surface area contributed by atoms with Crippen molar-refractivity contribution in [2.24, 2.45) is 0 Å². The number of thioether (sulfide) groups is 1. The summed E-state index contributed by atoms with van der Waals surface area (Å²) in [7, 11) is 0. The van der Waals surface area contributed by atoms with E-state index >= 15 is 0 Å². The second kappa shape index (κ2) is 3.27. The van der Waals surface area contributed by atoms with E-state index in [2.05, 4.69) is 0 Å². The molecule has 1 heterocycles. The summed E-state index contributed by atoms with van der Waals surface area (Å²) in [5, 5.41) is 0.562. The molecule has 1 atom stereocenters. The van der Waals surface area contributed by atoms with Crippen LogP contribution in [-0.2, 0) is 0 Å². The highest BCUT2D eigenvalue weighted by Gasteiger charge is 2.22. The van der Waals surface area contributed by atoms with E-state index in [9.17, 15) is 4.39 Å². The molecule has 0 aliphatic carbocycles. The summed E-state index contributed by atoms with van der Waals surface area (Å²) in [6.07, 6.45) is -0.281. The lowest BCUT2D eigenvalue weighted by Crippen LogP contribution is -2.02. The zero-order valence-electron chi connectivity index (χ0n) is 6.39. The lowest BCUT2D eigenvalue weighted by Gasteiger charge is -2.19. The molecule has 0 nitrogen and oxygen atoms in total. The second-order valence-electron chi connectivity index (χ2n) is 2.76. The average Bonchev–Trinajstić information content (AvgIpc) is 2.04. The van der Waals surface area contributed by atoms with E-state index in [0.717, 1.165) is 10.6 Å². The van der Waals surface area contributed by atoms with Crippen LogP contribution in [0.3, 0.4) is 0 Å². The fourth-order valence-corrected chi connectivity index (χ4v) is 2.83. The van der Waals surface area contributed by atoms with Gasteiger partial charge >= 0.3 is 0 Å². The molecule has 1 unspecified atom stereocenters. The van der Waals surface area contributed by atoms with Crippen molar-refractivity contribution >= 4 is 23.4 Å². The molecular weight excluding hydrogens is 195 g/mol. The zero-order valence-corrected chi connectivity index (χ0v) is 7.96. The summed E-state index contributed by atoms with van der Waals surface area (Å²) in [5.74, 6) is 0.856. The van der Waals surface area contributed by atoms with Gasteiger partial charge in [-0.25, -0.2) is 4.39 Å². The Morgan fingerprint density at radius 2 is 2.33 bits per heavy atom. The first kappa shape index (κ1) is 8.39. The number of benzene rings is 1. The molecule has 0 saturated heterocycles. The van der Waals surface area contributed by atoms with Gasteiger partial charge in [0.05, 0.1) is 0 Å². The number of halogens is 2. The SMILES string of the molecule is FC1CCSc2cccc(Cl)c21. The van der Waals surface area contributed by atoms with Crippen LogP contribution in [0.2, 0.25) is 5.02 Å². The largest absolute Gasteiger partial charge is 0.242 e. The van der Waals surface area contributed by atoms with Gasteiger partial charge in [0.25, 0.3) is 0 Å². The van der Waals surface area contributed by atoms with Crippen molar-refractivity contribution in [3.8, 4) is 0 Å². The maximum Gasteiger partial charge on any atom is 0.128 e. The number of rotatable bonds is 0. The molecule has 1 aromatic rings. The van der Waals surface area contributed by atoms with E-state index in [1.54, 1.807) is 17.8 Å². The van der Waals surface area contributed by atoms with Gasteiger partial charge in [-0.2, -0.15) is 0 Å². The fourth-order valence-electron chi connectivity index (χ4n) is 1.36. The van der Waals surface area contributed by atoms with E-state index in [0.29, 0.717) is 17.0 Å². The van der Waals surface area contributed by atoms with E-state index < -0.39 is 6.17 Å². The first-order chi connectivity index (χ1) is 5.79. The third-order valence-electron chi connectivity index (χ3n) is 1.96. The molecule has 0 radical (unpaired) electrons. The molecule has 0 aromatic heterocycles. The summed E-state index contributed by atoms with van der Waals surface area (Å²) < 4.78 is 13.3. The van der Waals surface area contributed by atoms with Gasteiger partial charge in [-0.05, 0) is 18.6 Å². The van der Waals surface area contributed by atoms with Gasteiger partial charge in [0.15, 0.2) is 0 Å². The first-order valence-corrected chi connectivity index (χ1v) is 5.20. The predicted molar refractivity (Wildman–Crippen MR) is 50.6 cm³/mol. The van der Waals surface area contributed by atoms with Gasteiger partial charge in [-0.3, -0.25) is 0 Å². The van der Waals surface area contributed by atoms with Crippen molar-refractivity contribution in [3.63, 3.8) is 0 Å². The number of hydrogen-bond acceptors (Lipinski definition) is 1. The van der Waals surface area contributed by atoms with Gasteiger partial charge in [-0.15, -0.1) is 11.8 Å². The lowest BCUT2D eigenvalue weighted by molar-refractivity contribution is 0.329. The molecule has 0 spiro atoms. The van der Waals surface area contributed by atoms with Crippen molar-refractivity contribution in [1.82, 2.24) is 0 Å². The Morgan fingerprint density at radius 3 is 3.08 bits per heavy atom. The second-order valence-corrected chi connectivity index (χ2v) is 4.30. The summed E-state index contributed by atoms with van der Waals surface area (Å²) >= 11 is 7.57. The average molecular weight is 203 g/mol. The third-order valence-corrected chi connectivity index (χ3v) is 3.39. The smallest absolute Gasteiger partial charge is 0.128 e. The Morgan fingerprint density at radius 1 is 1.50 bits per heavy atom. The maximum atomic E-state index is 13.3. The van der Waals surface area contributed by atoms with Crippen molar-refractivity contribution in [2.75, 3.05) is 5.75 Å². The molecule has 0 amide bonds. The molecule has 0 N–H and O–H groups in total. The first-order valence-electron chi connectivity index (χ1n) is 3.84. The maximum absolute atomic E-state index is 13.3. The Bertz CT molecular complexity index is 301. The molecule has 0 bridgehead atoms. The molecule has 2 rings (SSSR count). The molecule has 0 saturated carbocycles. The minimum Gasteiger partial charge on any atom is -0.242 e. The van der Waals surface area contributed by atoms with Crippen LogP contribution in [0.4, 0.5) is 4.39 Å². The summed E-state index contributed by atoms with van der Waals surface area (Å²) in [6, 6.07) is 5.54. The van der Waals surface area contributed by atoms with E-state index in [-0.39, 0.29) is 0 Å². The van der Waals surface area contributed by atoms with Crippen LogP contribution in [-0.4, -0.2) is 5.75 Å². The predicted octanol–water partition coefficient (Wildman–Crippen LogP) is 3.85. The highest BCUT2D eigenvalue weighted by Crippen LogP contribution is 2.41. The minimum atomic E-state index is -0.866. The van der Waals surface area contributed by atoms with Crippen LogP contribution >= 0.6 is 23.4 Å². The quantitative estimate of drug-likeness (QED) is 0.616. The number of alkyl halides is 1. The minimum absolute atomic E-state index is 0.562. The van der Waals surface area contributed by atoms with Crippen molar-refractivity contribution in [2.45, 2.75) is 17.5 Å². The zero-order chi connectivity index (χ0) is 8.55. The van der Waals surface area contributed by atoms with Crippen LogP contribution in [0.5, 0.6) is 0 Å². The van der Waals surface area contributed by atoms with Gasteiger partial charge in [0.1, 0.15) is 6.17 Å². The number of hydrogen-bond donors (Lipinski definition) is 0. The van der Waals surface area contributed by atoms with Crippen LogP contribution in [0, 0.1) is 0 Å². The third kappa shape index (κ3) is 1.34. The van der Waals surface area contributed by atoms with Gasteiger partial charge in [-0.1, -0.05) is 17.7 Å². The standard InChI is InChI=1S/C9H8ClFS/c10-6-2-1-3-8-9(6)7(11)4-5-12-8/h1-3,7H,4-5H2. The van der Waals surface area contributed by atoms with E-state index in [4.69, 9.17) is 11.6 Å². The molecule has 64 valence electrons. The highest BCUT2D eigenvalue weighted by atomic mass is 35.5. The van der Waals surface area contributed by atoms with Crippen molar-refractivity contribution < 1.29 is 4.39 Å². The molecular formula is C9H8ClFS. The lowest BCUT2D eigenvalue weighted by atomic mass is 10.1. The summed E-state index contributed by atoms with van der Waals surface area (Å²) in [4.78, 5) is 1.00. The number of fused-ring (bicyclic) bond motifs is 1. The van der Waals surface area contributed by atoms with E-state index in [1.165, 1.54) is 0 Å². The Balaban J connectivity index is 2.53. The Hall–Kier alpha value is -0.210. The topological polar surface area (TPSA) is 0 Å². The molecule has 12 heavy (non-hydrogen) atoms. The normalized spacial score (nSPS) is 22.0. The monoisotopic (exact) mass is 202 g/mol. The van der Waals surface area contributed by atoms with Crippen LogP contribution in [0.1, 0.15) is 18.2 Å². The summed E-state index contributed by atoms with van der Waals surface area (Å²) in [5.41, 5.74) is 0.690. The van der Waals surface area contributed by atoms with Crippen LogP contribution in [0.15, 0.2) is 23.1 Å². The van der Waals surface area contributed by atoms with E-state index in [1.807, 2.05) is 12.1 Å². The van der Waals surface area contributed by atoms with Gasteiger partial charge < -0.3 is 0 Å². The highest BCUT2D eigenvalue weighted by molar-refractivity contribution is 7.99. The summed E-state index contributed by atoms with van der Waals surface area (Å²) in [6.45, 7) is 0. The molecule has 1 aromatic carbocycles. The van der Waals surface area contributed by atoms with Gasteiger partial charge in [0.2, 0.25) is 0 Å². The molecule has 0 fully saturated rings. The Kier molecular flexibility index (Phi) is 2.28. The Labute approximate surface area is 80.1 Å². The van der Waals surface area contributed by atoms with Crippen LogP contribution in [0.25, 0.3) is 0 Å². The fraction of sp³-hybridized carbons (Fsp3) is 0.333. The molecule has 1 aliphatic rings. The van der Waals surface area contributed by atoms with Crippen molar-refractivity contribution in [3.05, 3.63) is 28.8 Å². The molecule has 1 aliphatic heterocycles. The molecule has 3 heteroatoms. The van der Waals surface area contributed by atoms with Crippen molar-refractivity contribution in [1.29, 1.82) is 0 Å². The van der Waals surface area contributed by atoms with Gasteiger partial charge in [0, 0.05) is 21.2 Å². The van der Waals surface area contributed by atoms with Crippen LogP contribution < -0.4 is 0 Å².